The Morgan fingerprint density at radius 1 is 1.16 bits per heavy atom. The Labute approximate surface area is 144 Å². The maximum absolute atomic E-state index is 14.5. The Morgan fingerprint density at radius 2 is 1.84 bits per heavy atom. The van der Waals surface area contributed by atoms with Gasteiger partial charge in [0, 0.05) is 6.54 Å². The third kappa shape index (κ3) is 3.33. The molecule has 1 heterocycles. The number of aliphatic carboxylic acids is 1. The lowest BCUT2D eigenvalue weighted by Crippen LogP contribution is -2.40. The number of carboxylic acids is 1. The van der Waals surface area contributed by atoms with Crippen LogP contribution < -0.4 is 4.74 Å². The van der Waals surface area contributed by atoms with E-state index in [0.717, 1.165) is 5.56 Å². The second-order valence-electron chi connectivity index (χ2n) is 5.92. The summed E-state index contributed by atoms with van der Waals surface area (Å²) in [5.41, 5.74) is 1.32. The molecule has 0 bridgehead atoms. The van der Waals surface area contributed by atoms with E-state index in [0.29, 0.717) is 30.7 Å². The SMILES string of the molecule is COc1ccc(-c2ccc(C(=O)N3CCC[C@@H]3C(=O)O)c(F)c2)cc1. The number of rotatable bonds is 4. The maximum atomic E-state index is 14.5. The van der Waals surface area contributed by atoms with Crippen molar-refractivity contribution in [2.75, 3.05) is 13.7 Å². The first-order valence-electron chi connectivity index (χ1n) is 7.99. The van der Waals surface area contributed by atoms with Gasteiger partial charge < -0.3 is 14.7 Å². The Hall–Kier alpha value is -2.89. The van der Waals surface area contributed by atoms with E-state index < -0.39 is 23.7 Å². The fourth-order valence-corrected chi connectivity index (χ4v) is 3.07. The summed E-state index contributed by atoms with van der Waals surface area (Å²) in [6.45, 7) is 0.329. The molecule has 5 nitrogen and oxygen atoms in total. The van der Waals surface area contributed by atoms with Gasteiger partial charge in [0.2, 0.25) is 0 Å². The lowest BCUT2D eigenvalue weighted by atomic mass is 10.0. The van der Waals surface area contributed by atoms with Gasteiger partial charge in [0.05, 0.1) is 12.7 Å². The molecule has 1 aliphatic heterocycles. The normalized spacial score (nSPS) is 16.7. The van der Waals surface area contributed by atoms with Crippen molar-refractivity contribution in [1.82, 2.24) is 4.90 Å². The van der Waals surface area contributed by atoms with E-state index in [1.165, 1.54) is 17.0 Å². The summed E-state index contributed by atoms with van der Waals surface area (Å²) in [4.78, 5) is 25.0. The number of halogens is 1. The van der Waals surface area contributed by atoms with Crippen molar-refractivity contribution in [2.45, 2.75) is 18.9 Å². The van der Waals surface area contributed by atoms with Crippen molar-refractivity contribution in [3.63, 3.8) is 0 Å². The number of likely N-dealkylation sites (tertiary alicyclic amines) is 1. The number of ether oxygens (including phenoxy) is 1. The number of carbonyl (C=O) groups is 2. The van der Waals surface area contributed by atoms with Gasteiger partial charge in [0.1, 0.15) is 17.6 Å². The van der Waals surface area contributed by atoms with Gasteiger partial charge in [-0.15, -0.1) is 0 Å². The number of hydrogen-bond acceptors (Lipinski definition) is 3. The fraction of sp³-hybridized carbons (Fsp3) is 0.263. The van der Waals surface area contributed by atoms with Crippen LogP contribution in [0.25, 0.3) is 11.1 Å². The van der Waals surface area contributed by atoms with Gasteiger partial charge in [0.25, 0.3) is 5.91 Å². The highest BCUT2D eigenvalue weighted by atomic mass is 19.1. The third-order valence-corrected chi connectivity index (χ3v) is 4.42. The van der Waals surface area contributed by atoms with E-state index in [4.69, 9.17) is 4.74 Å². The molecule has 1 fully saturated rings. The Morgan fingerprint density at radius 3 is 2.44 bits per heavy atom. The highest BCUT2D eigenvalue weighted by molar-refractivity contribution is 5.97. The van der Waals surface area contributed by atoms with Crippen LogP contribution in [0.5, 0.6) is 5.75 Å². The molecule has 0 radical (unpaired) electrons. The first-order valence-corrected chi connectivity index (χ1v) is 7.99. The van der Waals surface area contributed by atoms with Crippen LogP contribution in [-0.2, 0) is 4.79 Å². The molecule has 2 aromatic rings. The third-order valence-electron chi connectivity index (χ3n) is 4.42. The van der Waals surface area contributed by atoms with Crippen LogP contribution in [-0.4, -0.2) is 41.6 Å². The number of carbonyl (C=O) groups excluding carboxylic acids is 1. The Bertz CT molecular complexity index is 804. The largest absolute Gasteiger partial charge is 0.497 e. The molecule has 1 amide bonds. The topological polar surface area (TPSA) is 66.8 Å². The van der Waals surface area contributed by atoms with Gasteiger partial charge in [0.15, 0.2) is 0 Å². The minimum Gasteiger partial charge on any atom is -0.497 e. The molecular formula is C19H18FNO4. The van der Waals surface area contributed by atoms with Crippen LogP contribution in [0.3, 0.4) is 0 Å². The van der Waals surface area contributed by atoms with Gasteiger partial charge in [-0.1, -0.05) is 18.2 Å². The van der Waals surface area contributed by atoms with E-state index in [-0.39, 0.29) is 5.56 Å². The van der Waals surface area contributed by atoms with E-state index in [1.54, 1.807) is 37.4 Å². The average Bonchev–Trinajstić information content (AvgIpc) is 3.11. The lowest BCUT2D eigenvalue weighted by molar-refractivity contribution is -0.141. The number of methoxy groups -OCH3 is 1. The summed E-state index contributed by atoms with van der Waals surface area (Å²) >= 11 is 0. The summed E-state index contributed by atoms with van der Waals surface area (Å²) in [6, 6.07) is 10.6. The highest BCUT2D eigenvalue weighted by Gasteiger charge is 2.35. The zero-order valence-corrected chi connectivity index (χ0v) is 13.7. The maximum Gasteiger partial charge on any atom is 0.326 e. The molecule has 25 heavy (non-hydrogen) atoms. The minimum absolute atomic E-state index is 0.106. The number of amides is 1. The van der Waals surface area contributed by atoms with Crippen LogP contribution in [0.4, 0.5) is 4.39 Å². The Kier molecular flexibility index (Phi) is 4.70. The van der Waals surface area contributed by atoms with Crippen molar-refractivity contribution in [2.24, 2.45) is 0 Å². The molecule has 6 heteroatoms. The van der Waals surface area contributed by atoms with Gasteiger partial charge in [-0.25, -0.2) is 9.18 Å². The summed E-state index contributed by atoms with van der Waals surface area (Å²) in [6.07, 6.45) is 1.00. The van der Waals surface area contributed by atoms with Crippen molar-refractivity contribution in [3.05, 3.63) is 53.8 Å². The fourth-order valence-electron chi connectivity index (χ4n) is 3.07. The number of carboxylic acid groups (broad SMARTS) is 1. The molecule has 1 atom stereocenters. The molecule has 1 aliphatic rings. The smallest absolute Gasteiger partial charge is 0.326 e. The van der Waals surface area contributed by atoms with Gasteiger partial charge >= 0.3 is 5.97 Å². The summed E-state index contributed by atoms with van der Waals surface area (Å²) < 4.78 is 19.6. The average molecular weight is 343 g/mol. The van der Waals surface area contributed by atoms with Gasteiger partial charge in [-0.3, -0.25) is 4.79 Å². The standard InChI is InChI=1S/C19H18FNO4/c1-25-14-7-4-12(5-8-14)13-6-9-15(16(20)11-13)18(22)21-10-2-3-17(21)19(23)24/h4-9,11,17H,2-3,10H2,1H3,(H,23,24)/t17-/m1/s1. The highest BCUT2D eigenvalue weighted by Crippen LogP contribution is 2.26. The molecule has 0 spiro atoms. The molecule has 0 unspecified atom stereocenters. The van der Waals surface area contributed by atoms with Crippen LogP contribution in [0.15, 0.2) is 42.5 Å². The van der Waals surface area contributed by atoms with Crippen LogP contribution in [0.1, 0.15) is 23.2 Å². The molecule has 1 N–H and O–H groups in total. The summed E-state index contributed by atoms with van der Waals surface area (Å²) in [5.74, 6) is -1.59. The number of nitrogens with zero attached hydrogens (tertiary/aromatic N) is 1. The predicted octanol–water partition coefficient (Wildman–Crippen LogP) is 3.19. The molecular weight excluding hydrogens is 325 g/mol. The summed E-state index contributed by atoms with van der Waals surface area (Å²) in [5, 5.41) is 9.19. The zero-order chi connectivity index (χ0) is 18.0. The molecule has 2 aromatic carbocycles. The molecule has 0 aromatic heterocycles. The molecule has 0 aliphatic carbocycles. The Balaban J connectivity index is 1.86. The van der Waals surface area contributed by atoms with E-state index in [1.807, 2.05) is 0 Å². The summed E-state index contributed by atoms with van der Waals surface area (Å²) in [7, 11) is 1.57. The quantitative estimate of drug-likeness (QED) is 0.926. The van der Waals surface area contributed by atoms with Crippen molar-refractivity contribution in [3.8, 4) is 16.9 Å². The van der Waals surface area contributed by atoms with E-state index >= 15 is 0 Å². The number of benzene rings is 2. The molecule has 3 rings (SSSR count). The first kappa shape index (κ1) is 17.0. The predicted molar refractivity (Wildman–Crippen MR) is 90.1 cm³/mol. The van der Waals surface area contributed by atoms with Gasteiger partial charge in [-0.05, 0) is 48.2 Å². The first-order chi connectivity index (χ1) is 12.0. The van der Waals surface area contributed by atoms with Crippen molar-refractivity contribution in [1.29, 1.82) is 0 Å². The minimum atomic E-state index is -1.05. The van der Waals surface area contributed by atoms with Crippen LogP contribution in [0.2, 0.25) is 0 Å². The van der Waals surface area contributed by atoms with Crippen molar-refractivity contribution >= 4 is 11.9 Å². The van der Waals surface area contributed by atoms with Crippen LogP contribution in [0, 0.1) is 5.82 Å². The van der Waals surface area contributed by atoms with Crippen LogP contribution >= 0.6 is 0 Å². The van der Waals surface area contributed by atoms with Crippen molar-refractivity contribution < 1.29 is 23.8 Å². The number of hydrogen-bond donors (Lipinski definition) is 1. The lowest BCUT2D eigenvalue weighted by Gasteiger charge is -2.21. The second kappa shape index (κ2) is 6.93. The second-order valence-corrected chi connectivity index (χ2v) is 5.92. The van der Waals surface area contributed by atoms with Gasteiger partial charge in [-0.2, -0.15) is 0 Å². The molecule has 0 saturated carbocycles. The molecule has 130 valence electrons. The van der Waals surface area contributed by atoms with E-state index in [9.17, 15) is 19.1 Å². The molecule has 1 saturated heterocycles. The zero-order valence-electron chi connectivity index (χ0n) is 13.7. The monoisotopic (exact) mass is 343 g/mol. The van der Waals surface area contributed by atoms with E-state index in [2.05, 4.69) is 0 Å².